The number of nitrogens with zero attached hydrogens (tertiary/aromatic N) is 5. The van der Waals surface area contributed by atoms with E-state index >= 15 is 0 Å². The van der Waals surface area contributed by atoms with Gasteiger partial charge in [-0.25, -0.2) is 9.78 Å². The van der Waals surface area contributed by atoms with Gasteiger partial charge in [0.25, 0.3) is 0 Å². The van der Waals surface area contributed by atoms with E-state index in [0.29, 0.717) is 10.6 Å². The number of hydrogen-bond acceptors (Lipinski definition) is 5. The average molecular weight is 404 g/mol. The molecule has 0 saturated heterocycles. The Kier molecular flexibility index (Phi) is 5.35. The van der Waals surface area contributed by atoms with E-state index in [4.69, 9.17) is 17.0 Å². The van der Waals surface area contributed by atoms with Gasteiger partial charge in [0.2, 0.25) is 4.77 Å². The number of aryl methyl sites for hydroxylation is 1. The molecular weight excluding hydrogens is 384 g/mol. The zero-order valence-electron chi connectivity index (χ0n) is 16.1. The smallest absolute Gasteiger partial charge is 0.216 e. The van der Waals surface area contributed by atoms with Crippen LogP contribution in [-0.4, -0.2) is 30.9 Å². The number of para-hydroxylation sites is 2. The summed E-state index contributed by atoms with van der Waals surface area (Å²) >= 11 is 5.32. The van der Waals surface area contributed by atoms with Crippen molar-refractivity contribution in [1.29, 1.82) is 0 Å². The Balaban J connectivity index is 1.60. The summed E-state index contributed by atoms with van der Waals surface area (Å²) in [4.78, 5) is 0. The molecule has 0 aliphatic heterocycles. The molecule has 2 aromatic heterocycles. The van der Waals surface area contributed by atoms with E-state index in [1.54, 1.807) is 10.9 Å². The van der Waals surface area contributed by atoms with Gasteiger partial charge in [0, 0.05) is 5.56 Å². The van der Waals surface area contributed by atoms with Crippen LogP contribution in [0.15, 0.2) is 65.8 Å². The summed E-state index contributed by atoms with van der Waals surface area (Å²) in [6, 6.07) is 19.6. The molecule has 2 heterocycles. The number of aromatic nitrogens is 5. The zero-order chi connectivity index (χ0) is 20.2. The fourth-order valence-electron chi connectivity index (χ4n) is 2.98. The van der Waals surface area contributed by atoms with Gasteiger partial charge in [-0.05, 0) is 50.3 Å². The van der Waals surface area contributed by atoms with Crippen molar-refractivity contribution in [2.75, 3.05) is 0 Å². The molecule has 0 atom stereocenters. The van der Waals surface area contributed by atoms with Crippen molar-refractivity contribution in [2.24, 2.45) is 5.10 Å². The Morgan fingerprint density at radius 1 is 1.07 bits per heavy atom. The number of hydrogen-bond donors (Lipinski definition) is 1. The second kappa shape index (κ2) is 8.24. The van der Waals surface area contributed by atoms with Crippen molar-refractivity contribution >= 4 is 18.4 Å². The minimum atomic E-state index is 0.246. The normalized spacial score (nSPS) is 11.2. The minimum Gasteiger partial charge on any atom is -0.486 e. The highest BCUT2D eigenvalue weighted by molar-refractivity contribution is 7.71. The Hall–Kier alpha value is -3.52. The lowest BCUT2D eigenvalue weighted by Gasteiger charge is -2.05. The third kappa shape index (κ3) is 4.02. The van der Waals surface area contributed by atoms with E-state index in [9.17, 15) is 0 Å². The van der Waals surface area contributed by atoms with Crippen LogP contribution < -0.4 is 4.74 Å². The molecule has 0 bridgehead atoms. The van der Waals surface area contributed by atoms with E-state index in [2.05, 4.69) is 20.4 Å². The van der Waals surface area contributed by atoms with Crippen molar-refractivity contribution in [3.05, 3.63) is 88.2 Å². The SMILES string of the molecule is Cc1nn(-c2ccccc2)c(C)c1/C=N/n1c(COc2ccccc2)n[nH]c1=S. The van der Waals surface area contributed by atoms with E-state index in [1.165, 1.54) is 0 Å². The second-order valence-corrected chi connectivity index (χ2v) is 6.82. The molecule has 8 heteroatoms. The maximum Gasteiger partial charge on any atom is 0.216 e. The molecular formula is C21H20N6OS. The lowest BCUT2D eigenvalue weighted by atomic mass is 10.2. The Bertz CT molecular complexity index is 1190. The number of ether oxygens (including phenoxy) is 1. The van der Waals surface area contributed by atoms with Crippen molar-refractivity contribution in [2.45, 2.75) is 20.5 Å². The standard InChI is InChI=1S/C21H20N6OS/c1-15-19(16(2)26(25-15)17-9-5-3-6-10-17)13-22-27-20(23-24-21(27)29)14-28-18-11-7-4-8-12-18/h3-13H,14H2,1-2H3,(H,24,29)/b22-13+. The lowest BCUT2D eigenvalue weighted by Crippen LogP contribution is -2.04. The Morgan fingerprint density at radius 2 is 1.76 bits per heavy atom. The molecule has 0 amide bonds. The summed E-state index contributed by atoms with van der Waals surface area (Å²) in [5.41, 5.74) is 3.82. The number of H-pyrrole nitrogens is 1. The second-order valence-electron chi connectivity index (χ2n) is 6.43. The van der Waals surface area contributed by atoms with Crippen molar-refractivity contribution in [1.82, 2.24) is 24.7 Å². The monoisotopic (exact) mass is 404 g/mol. The third-order valence-corrected chi connectivity index (χ3v) is 4.74. The zero-order valence-corrected chi connectivity index (χ0v) is 16.9. The average Bonchev–Trinajstić information content (AvgIpc) is 3.25. The number of rotatable bonds is 6. The van der Waals surface area contributed by atoms with Crippen LogP contribution in [0.4, 0.5) is 0 Å². The molecule has 0 fully saturated rings. The first-order chi connectivity index (χ1) is 14.1. The summed E-state index contributed by atoms with van der Waals surface area (Å²) in [7, 11) is 0. The Morgan fingerprint density at radius 3 is 2.48 bits per heavy atom. The predicted octanol–water partition coefficient (Wildman–Crippen LogP) is 4.20. The number of aromatic amines is 1. The van der Waals surface area contributed by atoms with Crippen molar-refractivity contribution in [3.63, 3.8) is 0 Å². The van der Waals surface area contributed by atoms with E-state index in [-0.39, 0.29) is 6.61 Å². The van der Waals surface area contributed by atoms with Gasteiger partial charge in [0.05, 0.1) is 23.3 Å². The van der Waals surface area contributed by atoms with Crippen molar-refractivity contribution in [3.8, 4) is 11.4 Å². The first kappa shape index (κ1) is 18.8. The van der Waals surface area contributed by atoms with Gasteiger partial charge in [0.1, 0.15) is 12.4 Å². The van der Waals surface area contributed by atoms with Crippen LogP contribution >= 0.6 is 12.2 Å². The van der Waals surface area contributed by atoms with Gasteiger partial charge in [-0.2, -0.15) is 20.0 Å². The summed E-state index contributed by atoms with van der Waals surface area (Å²) in [6.07, 6.45) is 1.76. The maximum absolute atomic E-state index is 5.77. The molecule has 146 valence electrons. The van der Waals surface area contributed by atoms with Gasteiger partial charge < -0.3 is 4.74 Å². The number of benzene rings is 2. The van der Waals surface area contributed by atoms with Crippen molar-refractivity contribution < 1.29 is 4.74 Å². The fourth-order valence-corrected chi connectivity index (χ4v) is 3.18. The summed E-state index contributed by atoms with van der Waals surface area (Å²) < 4.78 is 9.64. The van der Waals surface area contributed by atoms with Crippen LogP contribution in [0.25, 0.3) is 5.69 Å². The van der Waals surface area contributed by atoms with Crippen LogP contribution in [0, 0.1) is 18.6 Å². The van der Waals surface area contributed by atoms with Crippen LogP contribution in [0.1, 0.15) is 22.8 Å². The van der Waals surface area contributed by atoms with E-state index in [1.807, 2.05) is 79.2 Å². The van der Waals surface area contributed by atoms with Gasteiger partial charge in [0.15, 0.2) is 5.82 Å². The van der Waals surface area contributed by atoms with Crippen LogP contribution in [0.2, 0.25) is 0 Å². The van der Waals surface area contributed by atoms with Crippen LogP contribution in [0.3, 0.4) is 0 Å². The quantitative estimate of drug-likeness (QED) is 0.386. The van der Waals surface area contributed by atoms with Gasteiger partial charge in [-0.15, -0.1) is 0 Å². The molecule has 2 aromatic carbocycles. The molecule has 0 radical (unpaired) electrons. The maximum atomic E-state index is 5.77. The van der Waals surface area contributed by atoms with Crippen LogP contribution in [0.5, 0.6) is 5.75 Å². The highest BCUT2D eigenvalue weighted by Crippen LogP contribution is 2.16. The third-order valence-electron chi connectivity index (χ3n) is 4.48. The molecule has 0 aliphatic carbocycles. The number of nitrogens with one attached hydrogen (secondary N) is 1. The van der Waals surface area contributed by atoms with E-state index < -0.39 is 0 Å². The highest BCUT2D eigenvalue weighted by atomic mass is 32.1. The molecule has 7 nitrogen and oxygen atoms in total. The summed E-state index contributed by atoms with van der Waals surface area (Å²) in [5, 5.41) is 16.2. The predicted molar refractivity (Wildman–Crippen MR) is 114 cm³/mol. The molecule has 1 N–H and O–H groups in total. The van der Waals surface area contributed by atoms with Gasteiger partial charge in [-0.1, -0.05) is 36.4 Å². The molecule has 4 aromatic rings. The molecule has 0 unspecified atom stereocenters. The molecule has 0 saturated carbocycles. The first-order valence-electron chi connectivity index (χ1n) is 9.13. The van der Waals surface area contributed by atoms with Gasteiger partial charge >= 0.3 is 0 Å². The largest absolute Gasteiger partial charge is 0.486 e. The summed E-state index contributed by atoms with van der Waals surface area (Å²) in [6.45, 7) is 4.22. The molecule has 29 heavy (non-hydrogen) atoms. The molecule has 4 rings (SSSR count). The molecule has 0 aliphatic rings. The summed E-state index contributed by atoms with van der Waals surface area (Å²) in [5.74, 6) is 1.34. The topological polar surface area (TPSA) is 73.0 Å². The van der Waals surface area contributed by atoms with Crippen LogP contribution in [-0.2, 0) is 6.61 Å². The molecule has 0 spiro atoms. The Labute approximate surface area is 173 Å². The van der Waals surface area contributed by atoms with E-state index in [0.717, 1.165) is 28.4 Å². The fraction of sp³-hybridized carbons (Fsp3) is 0.143. The first-order valence-corrected chi connectivity index (χ1v) is 9.54. The van der Waals surface area contributed by atoms with Gasteiger partial charge in [-0.3, -0.25) is 0 Å². The lowest BCUT2D eigenvalue weighted by molar-refractivity contribution is 0.290. The highest BCUT2D eigenvalue weighted by Gasteiger charge is 2.12. The minimum absolute atomic E-state index is 0.246.